The summed E-state index contributed by atoms with van der Waals surface area (Å²) in [6.45, 7) is 2.74. The summed E-state index contributed by atoms with van der Waals surface area (Å²) < 4.78 is 7.20. The molecule has 1 aliphatic carbocycles. The SMILES string of the molecule is CCC(COC)n1nnc(CO)c1C1CCC1. The fourth-order valence-corrected chi connectivity index (χ4v) is 2.37. The fraction of sp³-hybridized carbons (Fsp3) is 0.833. The molecule has 1 saturated carbocycles. The lowest BCUT2D eigenvalue weighted by Crippen LogP contribution is -2.22. The number of aliphatic hydroxyl groups is 1. The molecule has 0 bridgehead atoms. The number of nitrogens with zero attached hydrogens (tertiary/aromatic N) is 3. The monoisotopic (exact) mass is 239 g/mol. The van der Waals surface area contributed by atoms with E-state index in [4.69, 9.17) is 4.74 Å². The van der Waals surface area contributed by atoms with Gasteiger partial charge < -0.3 is 9.84 Å². The minimum absolute atomic E-state index is 0.0186. The van der Waals surface area contributed by atoms with Crippen molar-refractivity contribution in [3.05, 3.63) is 11.4 Å². The minimum atomic E-state index is -0.0186. The van der Waals surface area contributed by atoms with Gasteiger partial charge in [-0.15, -0.1) is 5.10 Å². The van der Waals surface area contributed by atoms with Gasteiger partial charge in [0.1, 0.15) is 5.69 Å². The van der Waals surface area contributed by atoms with Crippen LogP contribution in [0.4, 0.5) is 0 Å². The Kier molecular flexibility index (Phi) is 4.12. The molecule has 1 heterocycles. The molecule has 0 aliphatic heterocycles. The van der Waals surface area contributed by atoms with Crippen LogP contribution in [0, 0.1) is 0 Å². The molecular formula is C12H21N3O2. The van der Waals surface area contributed by atoms with E-state index in [0.717, 1.165) is 17.8 Å². The van der Waals surface area contributed by atoms with E-state index in [0.29, 0.717) is 12.5 Å². The maximum atomic E-state index is 9.34. The first-order chi connectivity index (χ1) is 8.31. The largest absolute Gasteiger partial charge is 0.390 e. The number of hydrogen-bond acceptors (Lipinski definition) is 4. The normalized spacial score (nSPS) is 18.1. The minimum Gasteiger partial charge on any atom is -0.390 e. The van der Waals surface area contributed by atoms with E-state index in [1.807, 2.05) is 4.68 Å². The highest BCUT2D eigenvalue weighted by Crippen LogP contribution is 2.38. The zero-order valence-electron chi connectivity index (χ0n) is 10.6. The Morgan fingerprint density at radius 1 is 1.53 bits per heavy atom. The summed E-state index contributed by atoms with van der Waals surface area (Å²) in [5.74, 6) is 0.526. The van der Waals surface area contributed by atoms with E-state index in [2.05, 4.69) is 17.2 Å². The third-order valence-electron chi connectivity index (χ3n) is 3.62. The second kappa shape index (κ2) is 5.60. The third-order valence-corrected chi connectivity index (χ3v) is 3.62. The quantitative estimate of drug-likeness (QED) is 0.819. The number of methoxy groups -OCH3 is 1. The van der Waals surface area contributed by atoms with Crippen LogP contribution in [0.15, 0.2) is 0 Å². The van der Waals surface area contributed by atoms with Gasteiger partial charge in [-0.25, -0.2) is 4.68 Å². The zero-order valence-corrected chi connectivity index (χ0v) is 10.6. The van der Waals surface area contributed by atoms with Crippen LogP contribution in [-0.2, 0) is 11.3 Å². The number of hydrogen-bond donors (Lipinski definition) is 1. The van der Waals surface area contributed by atoms with Crippen LogP contribution in [0.2, 0.25) is 0 Å². The highest BCUT2D eigenvalue weighted by Gasteiger charge is 2.29. The van der Waals surface area contributed by atoms with Crippen molar-refractivity contribution in [2.45, 2.75) is 51.2 Å². The third kappa shape index (κ3) is 2.35. The highest BCUT2D eigenvalue weighted by atomic mass is 16.5. The Bertz CT molecular complexity index is 361. The first kappa shape index (κ1) is 12.5. The Morgan fingerprint density at radius 2 is 2.29 bits per heavy atom. The molecule has 96 valence electrons. The van der Waals surface area contributed by atoms with E-state index < -0.39 is 0 Å². The summed E-state index contributed by atoms with van der Waals surface area (Å²) in [6, 6.07) is 0.225. The molecule has 1 atom stereocenters. The fourth-order valence-electron chi connectivity index (χ4n) is 2.37. The first-order valence-electron chi connectivity index (χ1n) is 6.35. The highest BCUT2D eigenvalue weighted by molar-refractivity contribution is 5.18. The van der Waals surface area contributed by atoms with Gasteiger partial charge in [0.2, 0.25) is 0 Å². The molecule has 0 spiro atoms. The smallest absolute Gasteiger partial charge is 0.112 e. The average Bonchev–Trinajstić information content (AvgIpc) is 2.67. The molecule has 5 heteroatoms. The van der Waals surface area contributed by atoms with Gasteiger partial charge in [-0.2, -0.15) is 0 Å². The van der Waals surface area contributed by atoms with E-state index in [9.17, 15) is 5.11 Å². The lowest BCUT2D eigenvalue weighted by Gasteiger charge is -2.28. The van der Waals surface area contributed by atoms with Crippen LogP contribution in [0.1, 0.15) is 56.0 Å². The molecule has 0 radical (unpaired) electrons. The van der Waals surface area contributed by atoms with Gasteiger partial charge in [0.05, 0.1) is 24.9 Å². The van der Waals surface area contributed by atoms with Crippen molar-refractivity contribution in [2.24, 2.45) is 0 Å². The predicted molar refractivity (Wildman–Crippen MR) is 63.7 cm³/mol. The van der Waals surface area contributed by atoms with Crippen molar-refractivity contribution in [3.8, 4) is 0 Å². The van der Waals surface area contributed by atoms with E-state index in [-0.39, 0.29) is 12.6 Å². The van der Waals surface area contributed by atoms with Crippen LogP contribution in [0.25, 0.3) is 0 Å². The van der Waals surface area contributed by atoms with Crippen molar-refractivity contribution in [3.63, 3.8) is 0 Å². The number of aliphatic hydroxyl groups excluding tert-OH is 1. The lowest BCUT2D eigenvalue weighted by molar-refractivity contribution is 0.142. The van der Waals surface area contributed by atoms with Crippen LogP contribution in [0.3, 0.4) is 0 Å². The zero-order chi connectivity index (χ0) is 12.3. The van der Waals surface area contributed by atoms with Gasteiger partial charge in [-0.05, 0) is 19.3 Å². The summed E-state index contributed by atoms with van der Waals surface area (Å²) in [7, 11) is 1.70. The maximum Gasteiger partial charge on any atom is 0.112 e. The van der Waals surface area contributed by atoms with E-state index in [1.54, 1.807) is 7.11 Å². The van der Waals surface area contributed by atoms with Crippen LogP contribution >= 0.6 is 0 Å². The molecule has 1 aromatic heterocycles. The molecule has 0 saturated heterocycles. The summed E-state index contributed by atoms with van der Waals surface area (Å²) in [5.41, 5.74) is 1.87. The molecule has 0 amide bonds. The number of ether oxygens (including phenoxy) is 1. The van der Waals surface area contributed by atoms with Gasteiger partial charge in [0.25, 0.3) is 0 Å². The molecule has 1 N–H and O–H groups in total. The standard InChI is InChI=1S/C12H21N3O2/c1-3-10(8-17-2)15-12(9-5-4-6-9)11(7-16)13-14-15/h9-10,16H,3-8H2,1-2H3. The average molecular weight is 239 g/mol. The molecule has 2 rings (SSSR count). The van der Waals surface area contributed by atoms with Gasteiger partial charge >= 0.3 is 0 Å². The molecule has 1 aliphatic rings. The molecular weight excluding hydrogens is 218 g/mol. The van der Waals surface area contributed by atoms with Crippen LogP contribution in [-0.4, -0.2) is 33.8 Å². The van der Waals surface area contributed by atoms with Crippen molar-refractivity contribution >= 4 is 0 Å². The van der Waals surface area contributed by atoms with E-state index >= 15 is 0 Å². The second-order valence-corrected chi connectivity index (χ2v) is 4.67. The van der Waals surface area contributed by atoms with Crippen molar-refractivity contribution in [1.29, 1.82) is 0 Å². The molecule has 1 aromatic rings. The van der Waals surface area contributed by atoms with Crippen LogP contribution < -0.4 is 0 Å². The number of aromatic nitrogens is 3. The molecule has 5 nitrogen and oxygen atoms in total. The Balaban J connectivity index is 2.28. The maximum absolute atomic E-state index is 9.34. The second-order valence-electron chi connectivity index (χ2n) is 4.67. The Morgan fingerprint density at radius 3 is 2.76 bits per heavy atom. The summed E-state index contributed by atoms with van der Waals surface area (Å²) in [6.07, 6.45) is 4.59. The molecule has 1 unspecified atom stereocenters. The van der Waals surface area contributed by atoms with Gasteiger partial charge in [0, 0.05) is 13.0 Å². The van der Waals surface area contributed by atoms with Crippen LogP contribution in [0.5, 0.6) is 0 Å². The first-order valence-corrected chi connectivity index (χ1v) is 6.35. The van der Waals surface area contributed by atoms with Crippen molar-refractivity contribution in [1.82, 2.24) is 15.0 Å². The topological polar surface area (TPSA) is 60.2 Å². The van der Waals surface area contributed by atoms with Gasteiger partial charge in [-0.1, -0.05) is 18.6 Å². The lowest BCUT2D eigenvalue weighted by atomic mass is 9.82. The molecule has 17 heavy (non-hydrogen) atoms. The summed E-state index contributed by atoms with van der Waals surface area (Å²) in [4.78, 5) is 0. The van der Waals surface area contributed by atoms with E-state index in [1.165, 1.54) is 19.3 Å². The number of rotatable bonds is 6. The molecule has 0 aromatic carbocycles. The summed E-state index contributed by atoms with van der Waals surface area (Å²) in [5, 5.41) is 17.6. The summed E-state index contributed by atoms with van der Waals surface area (Å²) >= 11 is 0. The molecule has 1 fully saturated rings. The Hall–Kier alpha value is -0.940. The Labute approximate surface area is 102 Å². The van der Waals surface area contributed by atoms with Crippen molar-refractivity contribution < 1.29 is 9.84 Å². The van der Waals surface area contributed by atoms with Gasteiger partial charge in [-0.3, -0.25) is 0 Å². The van der Waals surface area contributed by atoms with Crippen molar-refractivity contribution in [2.75, 3.05) is 13.7 Å². The van der Waals surface area contributed by atoms with Gasteiger partial charge in [0.15, 0.2) is 0 Å². The predicted octanol–water partition coefficient (Wildman–Crippen LogP) is 1.64.